The average molecular weight is 625 g/mol. The van der Waals surface area contributed by atoms with Crippen molar-refractivity contribution in [1.29, 1.82) is 0 Å². The minimum atomic E-state index is -4.06. The van der Waals surface area contributed by atoms with Crippen LogP contribution in [0.25, 0.3) is 32.7 Å². The van der Waals surface area contributed by atoms with Gasteiger partial charge in [0, 0.05) is 41.6 Å². The van der Waals surface area contributed by atoms with Crippen LogP contribution >= 0.6 is 22.9 Å². The van der Waals surface area contributed by atoms with Crippen LogP contribution in [0.15, 0.2) is 60.0 Å². The molecular formula is C30H30ClFN6O2S2. The van der Waals surface area contributed by atoms with Gasteiger partial charge < -0.3 is 4.90 Å². The van der Waals surface area contributed by atoms with Gasteiger partial charge in [0.25, 0.3) is 10.0 Å². The summed E-state index contributed by atoms with van der Waals surface area (Å²) >= 11 is 7.97. The zero-order valence-corrected chi connectivity index (χ0v) is 25.5. The van der Waals surface area contributed by atoms with Gasteiger partial charge in [-0.1, -0.05) is 29.3 Å². The number of nitrogens with zero attached hydrogens (tertiary/aromatic N) is 6. The lowest BCUT2D eigenvalue weighted by atomic mass is 9.83. The van der Waals surface area contributed by atoms with Crippen LogP contribution in [0.2, 0.25) is 5.02 Å². The molecule has 5 heterocycles. The molecule has 0 spiro atoms. The first-order valence-electron chi connectivity index (χ1n) is 14.2. The van der Waals surface area contributed by atoms with Crippen LogP contribution in [0.5, 0.6) is 0 Å². The van der Waals surface area contributed by atoms with E-state index in [0.717, 1.165) is 31.6 Å². The Kier molecular flexibility index (Phi) is 6.96. The van der Waals surface area contributed by atoms with Gasteiger partial charge in [-0.05, 0) is 70.3 Å². The molecule has 1 aliphatic carbocycles. The normalized spacial score (nSPS) is 17.2. The third-order valence-corrected chi connectivity index (χ3v) is 11.6. The zero-order valence-electron chi connectivity index (χ0n) is 23.1. The molecule has 0 radical (unpaired) electrons. The molecule has 2 fully saturated rings. The van der Waals surface area contributed by atoms with Crippen LogP contribution in [0.3, 0.4) is 0 Å². The summed E-state index contributed by atoms with van der Waals surface area (Å²) < 4.78 is 46.8. The van der Waals surface area contributed by atoms with Crippen molar-refractivity contribution >= 4 is 44.0 Å². The van der Waals surface area contributed by atoms with E-state index in [-0.39, 0.29) is 10.5 Å². The SMILES string of the molecule is Cc1ccc(S(=O)(=O)n2c(-c3cnn(CCN4CCCC4)c3)cc3c(-c4cnc(C5(F)CCC5)s4)c(Cl)cnc32)cc1. The highest BCUT2D eigenvalue weighted by atomic mass is 35.5. The fourth-order valence-corrected chi connectivity index (χ4v) is 8.69. The molecule has 1 aliphatic heterocycles. The third-order valence-electron chi connectivity index (χ3n) is 8.36. The first-order valence-corrected chi connectivity index (χ1v) is 16.8. The fraction of sp³-hybridized carbons (Fsp3) is 0.367. The van der Waals surface area contributed by atoms with Crippen molar-refractivity contribution in [3.05, 3.63) is 70.7 Å². The first kappa shape index (κ1) is 27.7. The number of halogens is 2. The molecule has 2 aliphatic rings. The fourth-order valence-electron chi connectivity index (χ4n) is 5.78. The lowest BCUT2D eigenvalue weighted by molar-refractivity contribution is 0.0606. The molecule has 1 saturated carbocycles. The molecule has 5 aromatic rings. The van der Waals surface area contributed by atoms with Gasteiger partial charge >= 0.3 is 0 Å². The highest BCUT2D eigenvalue weighted by molar-refractivity contribution is 7.90. The highest BCUT2D eigenvalue weighted by Crippen LogP contribution is 2.49. The van der Waals surface area contributed by atoms with Crippen molar-refractivity contribution in [3.63, 3.8) is 0 Å². The Balaban J connectivity index is 1.38. The topological polar surface area (TPSA) is 85.9 Å². The van der Waals surface area contributed by atoms with Crippen molar-refractivity contribution in [1.82, 2.24) is 28.6 Å². The molecule has 0 amide bonds. The van der Waals surface area contributed by atoms with Gasteiger partial charge in [0.2, 0.25) is 0 Å². The maximum absolute atomic E-state index is 15.2. The van der Waals surface area contributed by atoms with Gasteiger partial charge in [-0.25, -0.2) is 26.7 Å². The predicted octanol–water partition coefficient (Wildman–Crippen LogP) is 6.67. The maximum Gasteiger partial charge on any atom is 0.269 e. The largest absolute Gasteiger partial charge is 0.301 e. The lowest BCUT2D eigenvalue weighted by Crippen LogP contribution is -2.28. The summed E-state index contributed by atoms with van der Waals surface area (Å²) in [5, 5.41) is 5.88. The summed E-state index contributed by atoms with van der Waals surface area (Å²) in [5.74, 6) is 0. The number of hydrogen-bond donors (Lipinski definition) is 0. The lowest BCUT2D eigenvalue weighted by Gasteiger charge is -2.31. The molecule has 42 heavy (non-hydrogen) atoms. The Morgan fingerprint density at radius 3 is 2.50 bits per heavy atom. The van der Waals surface area contributed by atoms with Gasteiger partial charge in [0.15, 0.2) is 11.3 Å². The Labute approximate surface area is 252 Å². The van der Waals surface area contributed by atoms with E-state index in [0.29, 0.717) is 56.5 Å². The number of benzene rings is 1. The Bertz CT molecular complexity index is 1890. The molecule has 0 N–H and O–H groups in total. The monoisotopic (exact) mass is 624 g/mol. The second-order valence-electron chi connectivity index (χ2n) is 11.2. The highest BCUT2D eigenvalue weighted by Gasteiger charge is 2.42. The van der Waals surface area contributed by atoms with Crippen molar-refractivity contribution in [2.45, 2.75) is 56.1 Å². The zero-order chi connectivity index (χ0) is 29.1. The number of likely N-dealkylation sites (tertiary alicyclic amines) is 1. The third kappa shape index (κ3) is 4.76. The second kappa shape index (κ2) is 10.6. The van der Waals surface area contributed by atoms with Crippen LogP contribution in [0.4, 0.5) is 4.39 Å². The maximum atomic E-state index is 15.2. The molecule has 1 saturated heterocycles. The van der Waals surface area contributed by atoms with Crippen LogP contribution in [-0.4, -0.2) is 56.7 Å². The molecule has 0 atom stereocenters. The summed E-state index contributed by atoms with van der Waals surface area (Å²) in [5.41, 5.74) is 1.46. The minimum absolute atomic E-state index is 0.149. The molecule has 4 aromatic heterocycles. The quantitative estimate of drug-likeness (QED) is 0.192. The molecule has 8 nitrogen and oxygen atoms in total. The van der Waals surface area contributed by atoms with E-state index in [4.69, 9.17) is 11.6 Å². The van der Waals surface area contributed by atoms with Crippen molar-refractivity contribution in [2.75, 3.05) is 19.6 Å². The average Bonchev–Trinajstić information content (AvgIpc) is 3.76. The number of hydrogen-bond acceptors (Lipinski definition) is 7. The van der Waals surface area contributed by atoms with Crippen molar-refractivity contribution in [2.24, 2.45) is 0 Å². The van der Waals surface area contributed by atoms with Crippen LogP contribution in [0, 0.1) is 6.92 Å². The number of aromatic nitrogens is 5. The molecular weight excluding hydrogens is 595 g/mol. The van der Waals surface area contributed by atoms with E-state index in [1.807, 2.05) is 17.8 Å². The summed E-state index contributed by atoms with van der Waals surface area (Å²) in [6.45, 7) is 5.68. The van der Waals surface area contributed by atoms with E-state index in [1.165, 1.54) is 34.3 Å². The molecule has 0 bridgehead atoms. The number of thiazole rings is 1. The number of fused-ring (bicyclic) bond motifs is 1. The van der Waals surface area contributed by atoms with Gasteiger partial charge in [-0.3, -0.25) is 4.68 Å². The summed E-state index contributed by atoms with van der Waals surface area (Å²) in [6, 6.07) is 8.55. The number of aryl methyl sites for hydroxylation is 1. The first-order chi connectivity index (χ1) is 20.2. The smallest absolute Gasteiger partial charge is 0.269 e. The van der Waals surface area contributed by atoms with Crippen LogP contribution in [0.1, 0.15) is 42.7 Å². The van der Waals surface area contributed by atoms with E-state index in [1.54, 1.807) is 42.7 Å². The van der Waals surface area contributed by atoms with Crippen LogP contribution in [-0.2, 0) is 22.2 Å². The predicted molar refractivity (Wildman–Crippen MR) is 163 cm³/mol. The van der Waals surface area contributed by atoms with Gasteiger partial charge in [0.1, 0.15) is 5.01 Å². The second-order valence-corrected chi connectivity index (χ2v) is 14.4. The van der Waals surface area contributed by atoms with Gasteiger partial charge in [-0.15, -0.1) is 11.3 Å². The number of pyridine rings is 1. The number of alkyl halides is 1. The molecule has 1 aromatic carbocycles. The van der Waals surface area contributed by atoms with Crippen molar-refractivity contribution < 1.29 is 12.8 Å². The summed E-state index contributed by atoms with van der Waals surface area (Å²) in [4.78, 5) is 12.2. The summed E-state index contributed by atoms with van der Waals surface area (Å²) in [7, 11) is -4.06. The molecule has 7 rings (SSSR count). The Morgan fingerprint density at radius 2 is 1.79 bits per heavy atom. The molecule has 0 unspecified atom stereocenters. The number of rotatable bonds is 8. The van der Waals surface area contributed by atoms with E-state index < -0.39 is 15.7 Å². The van der Waals surface area contributed by atoms with E-state index in [9.17, 15) is 8.42 Å². The molecule has 218 valence electrons. The standard InChI is InChI=1S/C30H30ClFN6O2S2/c1-20-5-7-22(8-6-20)42(39,40)38-25(21-16-35-37(19-21)14-13-36-11-2-3-12-36)15-23-27(24(31)17-33-28(23)38)26-18-34-29(41-26)30(32)9-4-10-30/h5-8,15-19H,2-4,9-14H2,1H3. The Hall–Kier alpha value is -3.12. The van der Waals surface area contributed by atoms with Gasteiger partial charge in [-0.2, -0.15) is 5.10 Å². The molecule has 12 heteroatoms. The van der Waals surface area contributed by atoms with Crippen LogP contribution < -0.4 is 0 Å². The van der Waals surface area contributed by atoms with E-state index >= 15 is 4.39 Å². The Morgan fingerprint density at radius 1 is 1.02 bits per heavy atom. The van der Waals surface area contributed by atoms with Crippen molar-refractivity contribution in [3.8, 4) is 21.7 Å². The minimum Gasteiger partial charge on any atom is -0.301 e. The summed E-state index contributed by atoms with van der Waals surface area (Å²) in [6.07, 6.45) is 10.8. The van der Waals surface area contributed by atoms with E-state index in [2.05, 4.69) is 20.0 Å². The van der Waals surface area contributed by atoms with Gasteiger partial charge in [0.05, 0.1) is 33.2 Å².